The molecule has 33 heavy (non-hydrogen) atoms. The van der Waals surface area contributed by atoms with Gasteiger partial charge in [-0.25, -0.2) is 0 Å². The number of carbonyl (C=O) groups is 2. The van der Waals surface area contributed by atoms with Gasteiger partial charge in [-0.15, -0.1) is 0 Å². The zero-order chi connectivity index (χ0) is 23.5. The van der Waals surface area contributed by atoms with Gasteiger partial charge in [0.25, 0.3) is 11.7 Å². The van der Waals surface area contributed by atoms with Gasteiger partial charge in [0.05, 0.1) is 30.9 Å². The molecule has 0 spiro atoms. The number of aromatic nitrogens is 1. The fourth-order valence-electron chi connectivity index (χ4n) is 3.86. The highest BCUT2D eigenvalue weighted by Gasteiger charge is 2.46. The van der Waals surface area contributed by atoms with Crippen LogP contribution >= 0.6 is 11.6 Å². The van der Waals surface area contributed by atoms with Crippen LogP contribution < -0.4 is 9.47 Å². The second-order valence-electron chi connectivity index (χ2n) is 7.41. The number of hydrogen-bond donors (Lipinski definition) is 1. The van der Waals surface area contributed by atoms with E-state index in [1.165, 1.54) is 18.1 Å². The number of carbonyl (C=O) groups excluding carboxylic acids is 2. The molecule has 1 aliphatic heterocycles. The molecule has 2 aromatic carbocycles. The normalized spacial score (nSPS) is 17.3. The third kappa shape index (κ3) is 4.27. The molecule has 8 heteroatoms. The number of pyridine rings is 1. The largest absolute Gasteiger partial charge is 0.507 e. The van der Waals surface area contributed by atoms with Crippen LogP contribution in [0.3, 0.4) is 0 Å². The standard InChI is InChI=1S/C25H21ClN2O5/c1-32-18-7-3-5-15(11-18)14-28-22(17-6-4-10-27-13-17)21(24(30)25(28)31)23(29)16-8-9-19(26)20(12-16)33-2/h3-13,22,29H,14H2,1-2H3/b23-21-. The van der Waals surface area contributed by atoms with Crippen molar-refractivity contribution in [3.63, 3.8) is 0 Å². The number of ketones is 1. The molecule has 0 bridgehead atoms. The molecule has 1 saturated heterocycles. The number of benzene rings is 2. The molecule has 2 heterocycles. The highest BCUT2D eigenvalue weighted by atomic mass is 35.5. The third-order valence-electron chi connectivity index (χ3n) is 5.45. The second-order valence-corrected chi connectivity index (χ2v) is 7.82. The number of hydrogen-bond acceptors (Lipinski definition) is 6. The van der Waals surface area contributed by atoms with Gasteiger partial charge in [0, 0.05) is 24.5 Å². The molecule has 1 fully saturated rings. The minimum atomic E-state index is -0.827. The van der Waals surface area contributed by atoms with E-state index >= 15 is 0 Å². The number of Topliss-reactive ketones (excluding diaryl/α,β-unsaturated/α-hetero) is 1. The molecular formula is C25H21ClN2O5. The summed E-state index contributed by atoms with van der Waals surface area (Å²) in [4.78, 5) is 31.8. The van der Waals surface area contributed by atoms with Gasteiger partial charge < -0.3 is 19.5 Å². The Morgan fingerprint density at radius 3 is 2.61 bits per heavy atom. The molecule has 0 aliphatic carbocycles. The summed E-state index contributed by atoms with van der Waals surface area (Å²) in [5.74, 6) is -0.836. The molecule has 1 amide bonds. The fourth-order valence-corrected chi connectivity index (χ4v) is 4.05. The average Bonchev–Trinajstić information content (AvgIpc) is 3.09. The summed E-state index contributed by atoms with van der Waals surface area (Å²) >= 11 is 6.10. The summed E-state index contributed by atoms with van der Waals surface area (Å²) < 4.78 is 10.5. The number of nitrogens with zero attached hydrogens (tertiary/aromatic N) is 2. The molecule has 0 saturated carbocycles. The lowest BCUT2D eigenvalue weighted by Crippen LogP contribution is -2.29. The van der Waals surface area contributed by atoms with Crippen LogP contribution in [-0.4, -0.2) is 40.9 Å². The van der Waals surface area contributed by atoms with Gasteiger partial charge in [-0.3, -0.25) is 14.6 Å². The summed E-state index contributed by atoms with van der Waals surface area (Å²) in [6.45, 7) is 0.141. The molecule has 4 rings (SSSR count). The number of halogens is 1. The van der Waals surface area contributed by atoms with Crippen molar-refractivity contribution in [3.8, 4) is 11.5 Å². The molecule has 0 radical (unpaired) electrons. The number of aliphatic hydroxyl groups is 1. The highest BCUT2D eigenvalue weighted by molar-refractivity contribution is 6.46. The maximum absolute atomic E-state index is 13.1. The van der Waals surface area contributed by atoms with E-state index in [0.717, 1.165) is 5.56 Å². The van der Waals surface area contributed by atoms with Crippen molar-refractivity contribution in [1.29, 1.82) is 0 Å². The van der Waals surface area contributed by atoms with Crippen molar-refractivity contribution in [2.75, 3.05) is 14.2 Å². The Kier molecular flexibility index (Phi) is 6.33. The first-order chi connectivity index (χ1) is 15.9. The summed E-state index contributed by atoms with van der Waals surface area (Å²) in [5.41, 5.74) is 1.66. The summed E-state index contributed by atoms with van der Waals surface area (Å²) in [6, 6.07) is 14.5. The van der Waals surface area contributed by atoms with Crippen LogP contribution in [0.2, 0.25) is 5.02 Å². The Bertz CT molecular complexity index is 1240. The first-order valence-electron chi connectivity index (χ1n) is 10.1. The van der Waals surface area contributed by atoms with Crippen molar-refractivity contribution in [2.24, 2.45) is 0 Å². The number of amides is 1. The zero-order valence-electron chi connectivity index (χ0n) is 18.0. The van der Waals surface area contributed by atoms with E-state index in [2.05, 4.69) is 4.98 Å². The maximum atomic E-state index is 13.1. The van der Waals surface area contributed by atoms with Gasteiger partial charge in [0.1, 0.15) is 17.3 Å². The third-order valence-corrected chi connectivity index (χ3v) is 5.76. The van der Waals surface area contributed by atoms with E-state index in [9.17, 15) is 14.7 Å². The quantitative estimate of drug-likeness (QED) is 0.331. The van der Waals surface area contributed by atoms with Crippen molar-refractivity contribution in [1.82, 2.24) is 9.88 Å². The molecule has 7 nitrogen and oxygen atoms in total. The van der Waals surface area contributed by atoms with Crippen LogP contribution in [0.5, 0.6) is 11.5 Å². The Labute approximate surface area is 195 Å². The molecule has 1 aliphatic rings. The van der Waals surface area contributed by atoms with E-state index in [-0.39, 0.29) is 17.9 Å². The smallest absolute Gasteiger partial charge is 0.295 e. The topological polar surface area (TPSA) is 89.0 Å². The van der Waals surface area contributed by atoms with Crippen molar-refractivity contribution in [3.05, 3.63) is 94.3 Å². The minimum absolute atomic E-state index is 0.0275. The summed E-state index contributed by atoms with van der Waals surface area (Å²) in [7, 11) is 3.01. The molecule has 168 valence electrons. The van der Waals surface area contributed by atoms with E-state index in [4.69, 9.17) is 21.1 Å². The highest BCUT2D eigenvalue weighted by Crippen LogP contribution is 2.41. The monoisotopic (exact) mass is 464 g/mol. The average molecular weight is 465 g/mol. The van der Waals surface area contributed by atoms with Gasteiger partial charge in [0.2, 0.25) is 0 Å². The molecule has 1 atom stereocenters. The van der Waals surface area contributed by atoms with E-state index in [1.807, 2.05) is 12.1 Å². The van der Waals surface area contributed by atoms with Gasteiger partial charge >= 0.3 is 0 Å². The Morgan fingerprint density at radius 1 is 1.09 bits per heavy atom. The number of likely N-dealkylation sites (tertiary alicyclic amines) is 1. The number of rotatable bonds is 6. The maximum Gasteiger partial charge on any atom is 0.295 e. The van der Waals surface area contributed by atoms with Crippen LogP contribution in [0.25, 0.3) is 5.76 Å². The summed E-state index contributed by atoms with van der Waals surface area (Å²) in [6.07, 6.45) is 3.17. The molecule has 1 N–H and O–H groups in total. The van der Waals surface area contributed by atoms with Crippen LogP contribution in [-0.2, 0) is 16.1 Å². The van der Waals surface area contributed by atoms with E-state index < -0.39 is 17.7 Å². The lowest BCUT2D eigenvalue weighted by atomic mass is 9.96. The van der Waals surface area contributed by atoms with Crippen LogP contribution in [0, 0.1) is 0 Å². The molecule has 1 unspecified atom stereocenters. The molecule has 3 aromatic rings. The predicted octanol–water partition coefficient (Wildman–Crippen LogP) is 4.37. The van der Waals surface area contributed by atoms with E-state index in [1.54, 1.807) is 55.9 Å². The Morgan fingerprint density at radius 2 is 1.91 bits per heavy atom. The lowest BCUT2D eigenvalue weighted by Gasteiger charge is -2.25. The van der Waals surface area contributed by atoms with Gasteiger partial charge in [-0.1, -0.05) is 29.8 Å². The number of ether oxygens (including phenoxy) is 2. The molecular weight excluding hydrogens is 444 g/mol. The predicted molar refractivity (Wildman–Crippen MR) is 123 cm³/mol. The minimum Gasteiger partial charge on any atom is -0.507 e. The fraction of sp³-hybridized carbons (Fsp3) is 0.160. The number of aliphatic hydroxyl groups excluding tert-OH is 1. The first kappa shape index (κ1) is 22.4. The first-order valence-corrected chi connectivity index (χ1v) is 10.5. The van der Waals surface area contributed by atoms with E-state index in [0.29, 0.717) is 27.6 Å². The van der Waals surface area contributed by atoms with Gasteiger partial charge in [-0.2, -0.15) is 0 Å². The van der Waals surface area contributed by atoms with Crippen molar-refractivity contribution in [2.45, 2.75) is 12.6 Å². The lowest BCUT2D eigenvalue weighted by molar-refractivity contribution is -0.140. The van der Waals surface area contributed by atoms with Crippen LogP contribution in [0.1, 0.15) is 22.7 Å². The zero-order valence-corrected chi connectivity index (χ0v) is 18.7. The Hall–Kier alpha value is -3.84. The SMILES string of the molecule is COc1cccc(CN2C(=O)C(=O)/C(=C(\O)c3ccc(Cl)c(OC)c3)C2c2cccnc2)c1. The summed E-state index contributed by atoms with van der Waals surface area (Å²) in [5, 5.41) is 11.5. The second kappa shape index (κ2) is 9.34. The van der Waals surface area contributed by atoms with Gasteiger partial charge in [0.15, 0.2) is 0 Å². The van der Waals surface area contributed by atoms with Crippen molar-refractivity contribution >= 4 is 29.1 Å². The Balaban J connectivity index is 1.84. The van der Waals surface area contributed by atoms with Crippen LogP contribution in [0.4, 0.5) is 0 Å². The number of methoxy groups -OCH3 is 2. The molecule has 1 aromatic heterocycles. The van der Waals surface area contributed by atoms with Crippen LogP contribution in [0.15, 0.2) is 72.6 Å². The van der Waals surface area contributed by atoms with Gasteiger partial charge in [-0.05, 0) is 47.5 Å². The van der Waals surface area contributed by atoms with Crippen molar-refractivity contribution < 1.29 is 24.2 Å².